The number of nitrogens with zero attached hydrogens (tertiary/aromatic N) is 1. The van der Waals surface area contributed by atoms with Crippen LogP contribution in [0.4, 0.5) is 0 Å². The number of hydrogen-bond acceptors (Lipinski definition) is 6. The number of ketones is 1. The highest BCUT2D eigenvalue weighted by Crippen LogP contribution is 2.45. The first kappa shape index (κ1) is 32.5. The third-order valence-electron chi connectivity index (χ3n) is 8.85. The van der Waals surface area contributed by atoms with E-state index >= 15 is 0 Å². The standard InChI is InChI=1S/C35H46IN3O3S/c1-6-12-39-18-24(13-27-26-8-7-9-29-34(26)25(17-37-29)16-31(27)39)19-43-20-33(40)42-32-11-10-23(14-28(32)36)15-30(38-22(4)5)35(41)21(2)3/h7-11,14,17,21-22,24,27,30-31,37-38H,6,12-13,15-16,18-20H2,1-5H3/t24-,27-,30+,31-/m1/s1. The summed E-state index contributed by atoms with van der Waals surface area (Å²) in [6, 6.07) is 13.1. The number of piperidine rings is 1. The van der Waals surface area contributed by atoms with Crippen LogP contribution in [0.5, 0.6) is 5.75 Å². The summed E-state index contributed by atoms with van der Waals surface area (Å²) in [6.07, 6.45) is 6.27. The fraction of sp³-hybridized carbons (Fsp3) is 0.543. The molecule has 1 saturated heterocycles. The Morgan fingerprint density at radius 1 is 1.19 bits per heavy atom. The van der Waals surface area contributed by atoms with Gasteiger partial charge in [-0.15, -0.1) is 11.8 Å². The Hall–Kier alpha value is -1.88. The van der Waals surface area contributed by atoms with Crippen LogP contribution in [0.25, 0.3) is 10.9 Å². The van der Waals surface area contributed by atoms with Gasteiger partial charge < -0.3 is 15.0 Å². The third kappa shape index (κ3) is 7.68. The van der Waals surface area contributed by atoms with E-state index in [1.807, 2.05) is 32.0 Å². The molecule has 8 heteroatoms. The number of Topliss-reactive ketones (excluding diaryl/α,β-unsaturated/α-hetero) is 1. The lowest BCUT2D eigenvalue weighted by Gasteiger charge is -2.47. The molecule has 0 bridgehead atoms. The van der Waals surface area contributed by atoms with E-state index in [2.05, 4.69) is 83.0 Å². The molecule has 43 heavy (non-hydrogen) atoms. The van der Waals surface area contributed by atoms with E-state index in [1.54, 1.807) is 11.8 Å². The first-order valence-electron chi connectivity index (χ1n) is 15.8. The van der Waals surface area contributed by atoms with E-state index in [0.717, 1.165) is 40.8 Å². The van der Waals surface area contributed by atoms with E-state index in [9.17, 15) is 9.59 Å². The van der Waals surface area contributed by atoms with Gasteiger partial charge in [0.2, 0.25) is 0 Å². The number of H-pyrrole nitrogens is 1. The Kier molecular flexibility index (Phi) is 10.9. The zero-order valence-electron chi connectivity index (χ0n) is 26.1. The number of fused-ring (bicyclic) bond motifs is 2. The van der Waals surface area contributed by atoms with Gasteiger partial charge in [0.1, 0.15) is 5.75 Å². The van der Waals surface area contributed by atoms with Gasteiger partial charge in [0.25, 0.3) is 0 Å². The molecule has 2 aliphatic rings. The van der Waals surface area contributed by atoms with Crippen LogP contribution in [0.3, 0.4) is 0 Å². The van der Waals surface area contributed by atoms with Crippen LogP contribution in [-0.4, -0.2) is 64.4 Å². The van der Waals surface area contributed by atoms with Gasteiger partial charge in [0.15, 0.2) is 5.78 Å². The smallest absolute Gasteiger partial charge is 0.321 e. The summed E-state index contributed by atoms with van der Waals surface area (Å²) in [5.41, 5.74) is 5.27. The number of hydrogen-bond donors (Lipinski definition) is 2. The van der Waals surface area contributed by atoms with Gasteiger partial charge >= 0.3 is 5.97 Å². The average molecular weight is 716 g/mol. The summed E-state index contributed by atoms with van der Waals surface area (Å²) in [7, 11) is 0. The van der Waals surface area contributed by atoms with E-state index in [0.29, 0.717) is 35.8 Å². The lowest BCUT2D eigenvalue weighted by atomic mass is 9.72. The van der Waals surface area contributed by atoms with Gasteiger partial charge in [0.05, 0.1) is 15.4 Å². The molecule has 0 amide bonds. The highest BCUT2D eigenvalue weighted by atomic mass is 127. The Morgan fingerprint density at radius 2 is 2.00 bits per heavy atom. The van der Waals surface area contributed by atoms with Crippen molar-refractivity contribution in [2.75, 3.05) is 24.6 Å². The molecular weight excluding hydrogens is 669 g/mol. The number of halogens is 1. The maximum absolute atomic E-state index is 12.9. The highest BCUT2D eigenvalue weighted by Gasteiger charge is 2.40. The summed E-state index contributed by atoms with van der Waals surface area (Å²) in [6.45, 7) is 12.5. The second-order valence-corrected chi connectivity index (χ2v) is 15.1. The molecular formula is C35H46IN3O3S. The predicted molar refractivity (Wildman–Crippen MR) is 186 cm³/mol. The second kappa shape index (κ2) is 14.5. The molecule has 0 unspecified atom stereocenters. The summed E-state index contributed by atoms with van der Waals surface area (Å²) in [4.78, 5) is 31.8. The fourth-order valence-corrected chi connectivity index (χ4v) is 8.67. The lowest BCUT2D eigenvalue weighted by Crippen LogP contribution is -2.50. The molecule has 3 aromatic rings. The van der Waals surface area contributed by atoms with Crippen LogP contribution in [0, 0.1) is 15.4 Å². The normalized spacial score (nSPS) is 20.9. The van der Waals surface area contributed by atoms with Gasteiger partial charge in [-0.3, -0.25) is 14.5 Å². The third-order valence-corrected chi connectivity index (χ3v) is 10.8. The van der Waals surface area contributed by atoms with Crippen molar-refractivity contribution in [3.8, 4) is 5.75 Å². The molecule has 232 valence electrons. The van der Waals surface area contributed by atoms with Crippen LogP contribution < -0.4 is 10.1 Å². The molecule has 0 radical (unpaired) electrons. The first-order valence-corrected chi connectivity index (χ1v) is 18.1. The average Bonchev–Trinajstić information content (AvgIpc) is 3.38. The van der Waals surface area contributed by atoms with Crippen LogP contribution >= 0.6 is 34.4 Å². The number of nitrogens with one attached hydrogen (secondary N) is 2. The highest BCUT2D eigenvalue weighted by molar-refractivity contribution is 14.1. The van der Waals surface area contributed by atoms with Crippen molar-refractivity contribution in [1.29, 1.82) is 0 Å². The van der Waals surface area contributed by atoms with E-state index < -0.39 is 0 Å². The van der Waals surface area contributed by atoms with Crippen molar-refractivity contribution in [3.63, 3.8) is 0 Å². The minimum atomic E-state index is -0.226. The summed E-state index contributed by atoms with van der Waals surface area (Å²) in [5, 5.41) is 4.86. The van der Waals surface area contributed by atoms with Gasteiger partial charge in [-0.1, -0.05) is 52.8 Å². The number of ether oxygens (including phenoxy) is 1. The van der Waals surface area contributed by atoms with Crippen molar-refractivity contribution in [2.24, 2.45) is 11.8 Å². The SMILES string of the molecule is CCCN1C[C@H](CSCC(=O)Oc2ccc(C[C@H](NC(C)C)C(=O)C(C)C)cc2I)C[C@@H]2c3cccc4[nH]cc(c34)C[C@H]21. The Labute approximate surface area is 274 Å². The van der Waals surface area contributed by atoms with Crippen molar-refractivity contribution in [1.82, 2.24) is 15.2 Å². The number of thioether (sulfide) groups is 1. The van der Waals surface area contributed by atoms with Crippen LogP contribution in [0.1, 0.15) is 70.1 Å². The molecule has 1 aliphatic heterocycles. The minimum absolute atomic E-state index is 0.0261. The molecule has 5 rings (SSSR count). The summed E-state index contributed by atoms with van der Waals surface area (Å²) >= 11 is 3.93. The van der Waals surface area contributed by atoms with Gasteiger partial charge in [0, 0.05) is 47.6 Å². The number of rotatable bonds is 13. The molecule has 1 aromatic heterocycles. The zero-order chi connectivity index (χ0) is 30.7. The fourth-order valence-electron chi connectivity index (χ4n) is 7.06. The topological polar surface area (TPSA) is 74.4 Å². The number of carbonyl (C=O) groups is 2. The Balaban J connectivity index is 1.16. The maximum Gasteiger partial charge on any atom is 0.321 e. The molecule has 2 N–H and O–H groups in total. The van der Waals surface area contributed by atoms with E-state index in [4.69, 9.17) is 4.74 Å². The molecule has 2 heterocycles. The van der Waals surface area contributed by atoms with E-state index in [1.165, 1.54) is 28.5 Å². The monoisotopic (exact) mass is 715 g/mol. The Morgan fingerprint density at radius 3 is 2.72 bits per heavy atom. The molecule has 6 nitrogen and oxygen atoms in total. The summed E-state index contributed by atoms with van der Waals surface area (Å²) < 4.78 is 6.68. The van der Waals surface area contributed by atoms with Crippen LogP contribution in [-0.2, 0) is 22.4 Å². The molecule has 2 aromatic carbocycles. The molecule has 0 spiro atoms. The maximum atomic E-state index is 12.9. The second-order valence-electron chi connectivity index (χ2n) is 12.9. The number of benzene rings is 2. The lowest BCUT2D eigenvalue weighted by molar-refractivity contribution is -0.131. The number of esters is 1. The van der Waals surface area contributed by atoms with E-state index in [-0.39, 0.29) is 29.8 Å². The van der Waals surface area contributed by atoms with Crippen LogP contribution in [0.15, 0.2) is 42.6 Å². The molecule has 1 aliphatic carbocycles. The largest absolute Gasteiger partial charge is 0.425 e. The Bertz CT molecular complexity index is 1440. The number of likely N-dealkylation sites (tertiary alicyclic amines) is 1. The van der Waals surface area contributed by atoms with Crippen molar-refractivity contribution < 1.29 is 14.3 Å². The van der Waals surface area contributed by atoms with Crippen molar-refractivity contribution in [2.45, 2.75) is 84.3 Å². The molecule has 0 saturated carbocycles. The quantitative estimate of drug-likeness (QED) is 0.113. The minimum Gasteiger partial charge on any atom is -0.425 e. The number of carbonyl (C=O) groups excluding carboxylic acids is 2. The number of aromatic nitrogens is 1. The predicted octanol–water partition coefficient (Wildman–Crippen LogP) is 6.99. The first-order chi connectivity index (χ1) is 20.6. The van der Waals surface area contributed by atoms with Gasteiger partial charge in [-0.05, 0) is 101 Å². The van der Waals surface area contributed by atoms with Gasteiger partial charge in [-0.2, -0.15) is 0 Å². The summed E-state index contributed by atoms with van der Waals surface area (Å²) in [5.74, 6) is 2.96. The number of aromatic amines is 1. The molecule has 4 atom stereocenters. The van der Waals surface area contributed by atoms with Crippen LogP contribution in [0.2, 0.25) is 0 Å². The van der Waals surface area contributed by atoms with Crippen molar-refractivity contribution >= 4 is 57.0 Å². The molecule has 1 fully saturated rings. The zero-order valence-corrected chi connectivity index (χ0v) is 29.1. The van der Waals surface area contributed by atoms with Crippen molar-refractivity contribution in [3.05, 3.63) is 62.9 Å². The van der Waals surface area contributed by atoms with Gasteiger partial charge in [-0.25, -0.2) is 0 Å².